The molecule has 2 heterocycles. The summed E-state index contributed by atoms with van der Waals surface area (Å²) in [5.41, 5.74) is 3.09. The Hall–Kier alpha value is -3.48. The highest BCUT2D eigenvalue weighted by Gasteiger charge is 2.34. The number of anilines is 1. The second kappa shape index (κ2) is 7.26. The number of para-hydroxylation sites is 2. The van der Waals surface area contributed by atoms with Crippen LogP contribution in [0.3, 0.4) is 0 Å². The number of benzene rings is 2. The zero-order valence-corrected chi connectivity index (χ0v) is 16.1. The van der Waals surface area contributed by atoms with Crippen molar-refractivity contribution >= 4 is 28.1 Å². The number of Topliss-reactive ketones (excluding diaryl/α,β-unsaturated/α-hetero) is 1. The normalized spacial score (nSPS) is 14.1. The van der Waals surface area contributed by atoms with Gasteiger partial charge in [0.15, 0.2) is 5.78 Å². The molecule has 7 heteroatoms. The molecule has 2 N–H and O–H groups in total. The maximum Gasteiger partial charge on any atom is 0.189 e. The van der Waals surface area contributed by atoms with Gasteiger partial charge in [-0.15, -0.1) is 0 Å². The number of rotatable bonds is 6. The van der Waals surface area contributed by atoms with Gasteiger partial charge in [-0.05, 0) is 19.1 Å². The molecule has 0 saturated carbocycles. The number of carbonyl (C=O) groups excluding carboxylic acids is 1. The summed E-state index contributed by atoms with van der Waals surface area (Å²) in [6.45, 7) is 2.88. The molecule has 4 rings (SSSR count). The summed E-state index contributed by atoms with van der Waals surface area (Å²) in [5, 5.41) is 3.33. The molecular weight excluding hydrogens is 356 g/mol. The van der Waals surface area contributed by atoms with Gasteiger partial charge in [-0.1, -0.05) is 12.1 Å². The first-order chi connectivity index (χ1) is 13.6. The summed E-state index contributed by atoms with van der Waals surface area (Å²) in [7, 11) is 3.21. The Labute approximate surface area is 163 Å². The summed E-state index contributed by atoms with van der Waals surface area (Å²) in [6.07, 6.45) is 0. The monoisotopic (exact) mass is 378 g/mol. The van der Waals surface area contributed by atoms with Gasteiger partial charge < -0.3 is 24.7 Å². The van der Waals surface area contributed by atoms with Crippen LogP contribution in [-0.2, 0) is 4.79 Å². The predicted molar refractivity (Wildman–Crippen MR) is 109 cm³/mol. The number of hydrogen-bond acceptors (Lipinski definition) is 6. The number of aromatic amines is 1. The average molecular weight is 378 g/mol. The topological polar surface area (TPSA) is 79.5 Å². The molecule has 1 aliphatic heterocycles. The summed E-state index contributed by atoms with van der Waals surface area (Å²) >= 11 is 0. The van der Waals surface area contributed by atoms with Crippen LogP contribution >= 0.6 is 0 Å². The molecule has 2 aromatic carbocycles. The highest BCUT2D eigenvalue weighted by molar-refractivity contribution is 6.26. The third-order valence-electron chi connectivity index (χ3n) is 4.71. The number of hydrogen-bond donors (Lipinski definition) is 2. The van der Waals surface area contributed by atoms with E-state index >= 15 is 0 Å². The standard InChI is InChI=1S/C21H22N4O3/c1-4-22-21-19(20-23-16-7-5-6-8-17(16)24-20)18(26)12-25(21)13-9-14(27-2)11-15(10-13)28-3/h5-11,22H,4,12H2,1-3H3,(H,23,24). The number of H-pyrrole nitrogens is 1. The molecule has 0 bridgehead atoms. The summed E-state index contributed by atoms with van der Waals surface area (Å²) in [5.74, 6) is 2.61. The third kappa shape index (κ3) is 3.05. The average Bonchev–Trinajstić information content (AvgIpc) is 3.28. The van der Waals surface area contributed by atoms with E-state index in [1.54, 1.807) is 20.3 Å². The molecule has 1 aromatic heterocycles. The van der Waals surface area contributed by atoms with E-state index in [1.165, 1.54) is 0 Å². The van der Waals surface area contributed by atoms with Crippen LogP contribution in [-0.4, -0.2) is 43.1 Å². The number of methoxy groups -OCH3 is 2. The minimum atomic E-state index is -0.00297. The maximum absolute atomic E-state index is 13.0. The molecule has 0 spiro atoms. The van der Waals surface area contributed by atoms with Gasteiger partial charge in [0, 0.05) is 24.7 Å². The van der Waals surface area contributed by atoms with Crippen molar-refractivity contribution in [1.29, 1.82) is 0 Å². The SMILES string of the molecule is CCNC1=C(c2nc3ccccc3[nH]2)C(=O)CN1c1cc(OC)cc(OC)c1. The van der Waals surface area contributed by atoms with Crippen LogP contribution in [0, 0.1) is 0 Å². The Morgan fingerprint density at radius 3 is 2.50 bits per heavy atom. The van der Waals surface area contributed by atoms with Gasteiger partial charge >= 0.3 is 0 Å². The van der Waals surface area contributed by atoms with Crippen molar-refractivity contribution < 1.29 is 14.3 Å². The lowest BCUT2D eigenvalue weighted by molar-refractivity contribution is -0.112. The largest absolute Gasteiger partial charge is 0.497 e. The molecule has 0 radical (unpaired) electrons. The van der Waals surface area contributed by atoms with Crippen LogP contribution in [0.1, 0.15) is 12.7 Å². The van der Waals surface area contributed by atoms with Crippen LogP contribution in [0.2, 0.25) is 0 Å². The fourth-order valence-electron chi connectivity index (χ4n) is 3.40. The lowest BCUT2D eigenvalue weighted by atomic mass is 10.2. The number of ether oxygens (including phenoxy) is 2. The van der Waals surface area contributed by atoms with E-state index in [2.05, 4.69) is 15.3 Å². The Morgan fingerprint density at radius 2 is 1.86 bits per heavy atom. The highest BCUT2D eigenvalue weighted by atomic mass is 16.5. The van der Waals surface area contributed by atoms with Gasteiger partial charge in [-0.3, -0.25) is 4.79 Å². The van der Waals surface area contributed by atoms with Gasteiger partial charge in [0.1, 0.15) is 28.7 Å². The van der Waals surface area contributed by atoms with Crippen LogP contribution in [0.15, 0.2) is 48.3 Å². The van der Waals surface area contributed by atoms with Crippen LogP contribution in [0.4, 0.5) is 5.69 Å². The predicted octanol–water partition coefficient (Wildman–Crippen LogP) is 2.95. The van der Waals surface area contributed by atoms with Crippen molar-refractivity contribution in [2.45, 2.75) is 6.92 Å². The van der Waals surface area contributed by atoms with Crippen LogP contribution in [0.5, 0.6) is 11.5 Å². The third-order valence-corrected chi connectivity index (χ3v) is 4.71. The molecule has 0 fully saturated rings. The van der Waals surface area contributed by atoms with Crippen molar-refractivity contribution in [1.82, 2.24) is 15.3 Å². The first kappa shape index (κ1) is 17.9. The summed E-state index contributed by atoms with van der Waals surface area (Å²) in [4.78, 5) is 22.8. The molecule has 0 aliphatic carbocycles. The van der Waals surface area contributed by atoms with E-state index in [-0.39, 0.29) is 12.3 Å². The number of nitrogens with one attached hydrogen (secondary N) is 2. The quantitative estimate of drug-likeness (QED) is 0.687. The van der Waals surface area contributed by atoms with Crippen molar-refractivity contribution in [3.05, 3.63) is 54.1 Å². The molecule has 28 heavy (non-hydrogen) atoms. The van der Waals surface area contributed by atoms with Gasteiger partial charge in [0.05, 0.1) is 37.5 Å². The summed E-state index contributed by atoms with van der Waals surface area (Å²) < 4.78 is 10.8. The van der Waals surface area contributed by atoms with E-state index < -0.39 is 0 Å². The fourth-order valence-corrected chi connectivity index (χ4v) is 3.40. The molecule has 7 nitrogen and oxygen atoms in total. The van der Waals surface area contributed by atoms with Crippen molar-refractivity contribution in [2.75, 3.05) is 32.2 Å². The first-order valence-electron chi connectivity index (χ1n) is 9.11. The lowest BCUT2D eigenvalue weighted by Gasteiger charge is -2.23. The maximum atomic E-state index is 13.0. The Bertz CT molecular complexity index is 1020. The van der Waals surface area contributed by atoms with E-state index in [1.807, 2.05) is 48.2 Å². The molecule has 0 unspecified atom stereocenters. The molecule has 0 saturated heterocycles. The minimum Gasteiger partial charge on any atom is -0.497 e. The van der Waals surface area contributed by atoms with E-state index in [4.69, 9.17) is 9.47 Å². The summed E-state index contributed by atoms with van der Waals surface area (Å²) in [6, 6.07) is 13.3. The number of imidazole rings is 1. The minimum absolute atomic E-state index is 0.00297. The number of nitrogens with zero attached hydrogens (tertiary/aromatic N) is 2. The van der Waals surface area contributed by atoms with E-state index in [9.17, 15) is 4.79 Å². The van der Waals surface area contributed by atoms with Crippen molar-refractivity contribution in [2.24, 2.45) is 0 Å². The second-order valence-electron chi connectivity index (χ2n) is 6.44. The first-order valence-corrected chi connectivity index (χ1v) is 9.11. The fraction of sp³-hybridized carbons (Fsp3) is 0.238. The van der Waals surface area contributed by atoms with Gasteiger partial charge in [-0.2, -0.15) is 0 Å². The molecule has 144 valence electrons. The number of carbonyl (C=O) groups is 1. The molecule has 0 amide bonds. The van der Waals surface area contributed by atoms with E-state index in [0.717, 1.165) is 22.5 Å². The van der Waals surface area contributed by atoms with Gasteiger partial charge in [0.2, 0.25) is 0 Å². The smallest absolute Gasteiger partial charge is 0.189 e. The lowest BCUT2D eigenvalue weighted by Crippen LogP contribution is -2.29. The molecule has 1 aliphatic rings. The number of ketones is 1. The second-order valence-corrected chi connectivity index (χ2v) is 6.44. The molecule has 3 aromatic rings. The van der Waals surface area contributed by atoms with Gasteiger partial charge in [-0.25, -0.2) is 4.98 Å². The zero-order valence-electron chi connectivity index (χ0n) is 16.1. The van der Waals surface area contributed by atoms with Crippen LogP contribution in [0.25, 0.3) is 16.6 Å². The Balaban J connectivity index is 1.84. The Kier molecular flexibility index (Phi) is 4.65. The molecule has 0 atom stereocenters. The van der Waals surface area contributed by atoms with E-state index in [0.29, 0.717) is 29.4 Å². The van der Waals surface area contributed by atoms with Gasteiger partial charge in [0.25, 0.3) is 0 Å². The number of fused-ring (bicyclic) bond motifs is 1. The highest BCUT2D eigenvalue weighted by Crippen LogP contribution is 2.35. The van der Waals surface area contributed by atoms with Crippen molar-refractivity contribution in [3.63, 3.8) is 0 Å². The molecular formula is C21H22N4O3. The Morgan fingerprint density at radius 1 is 1.14 bits per heavy atom. The van der Waals surface area contributed by atoms with Crippen LogP contribution < -0.4 is 19.7 Å². The number of aromatic nitrogens is 2. The zero-order chi connectivity index (χ0) is 19.7. The van der Waals surface area contributed by atoms with Crippen molar-refractivity contribution in [3.8, 4) is 11.5 Å².